The van der Waals surface area contributed by atoms with Gasteiger partial charge in [0.05, 0.1) is 30.6 Å². The molecule has 0 spiro atoms. The molecule has 0 bridgehead atoms. The first kappa shape index (κ1) is 20.1. The highest BCUT2D eigenvalue weighted by atomic mass is 16.5. The van der Waals surface area contributed by atoms with Gasteiger partial charge >= 0.3 is 0 Å². The van der Waals surface area contributed by atoms with E-state index in [1.165, 1.54) is 14.0 Å². The molecule has 1 aromatic heterocycles. The summed E-state index contributed by atoms with van der Waals surface area (Å²) < 4.78 is 7.09. The van der Waals surface area contributed by atoms with Crippen LogP contribution in [0.15, 0.2) is 48.5 Å². The molecule has 7 nitrogen and oxygen atoms in total. The van der Waals surface area contributed by atoms with Crippen molar-refractivity contribution in [1.29, 1.82) is 0 Å². The second-order valence-electron chi connectivity index (χ2n) is 6.72. The van der Waals surface area contributed by atoms with Crippen molar-refractivity contribution >= 4 is 23.2 Å². The second kappa shape index (κ2) is 8.60. The Balaban J connectivity index is 1.78. The lowest BCUT2D eigenvalue weighted by atomic mass is 10.1. The molecule has 0 aliphatic rings. The number of methoxy groups -OCH3 is 1. The molecule has 150 valence electrons. The minimum absolute atomic E-state index is 0.164. The molecule has 0 aliphatic carbocycles. The van der Waals surface area contributed by atoms with Crippen LogP contribution in [0.5, 0.6) is 5.75 Å². The third-order valence-electron chi connectivity index (χ3n) is 4.57. The van der Waals surface area contributed by atoms with Gasteiger partial charge in [0.15, 0.2) is 0 Å². The lowest BCUT2D eigenvalue weighted by Gasteiger charge is -2.12. The van der Waals surface area contributed by atoms with Crippen molar-refractivity contribution in [3.63, 3.8) is 0 Å². The average molecular weight is 392 g/mol. The fourth-order valence-electron chi connectivity index (χ4n) is 3.19. The number of aryl methyl sites for hydroxylation is 1. The van der Waals surface area contributed by atoms with Crippen LogP contribution in [0.1, 0.15) is 23.9 Å². The molecule has 2 aromatic carbocycles. The van der Waals surface area contributed by atoms with Crippen LogP contribution in [-0.2, 0) is 16.0 Å². The molecule has 29 heavy (non-hydrogen) atoms. The number of amides is 2. The monoisotopic (exact) mass is 392 g/mol. The maximum atomic E-state index is 12.7. The van der Waals surface area contributed by atoms with Gasteiger partial charge in [0.25, 0.3) is 0 Å². The summed E-state index contributed by atoms with van der Waals surface area (Å²) in [5.41, 5.74) is 4.66. The number of nitrogens with zero attached hydrogens (tertiary/aromatic N) is 2. The summed E-state index contributed by atoms with van der Waals surface area (Å²) in [4.78, 5) is 24.0. The predicted molar refractivity (Wildman–Crippen MR) is 113 cm³/mol. The van der Waals surface area contributed by atoms with Gasteiger partial charge in [-0.1, -0.05) is 18.2 Å². The summed E-state index contributed by atoms with van der Waals surface area (Å²) in [6, 6.07) is 14.9. The van der Waals surface area contributed by atoms with Crippen LogP contribution >= 0.6 is 0 Å². The molecule has 3 aromatic rings. The highest BCUT2D eigenvalue weighted by Crippen LogP contribution is 2.28. The number of hydrogen-bond donors (Lipinski definition) is 2. The van der Waals surface area contributed by atoms with E-state index in [-0.39, 0.29) is 18.2 Å². The van der Waals surface area contributed by atoms with E-state index in [9.17, 15) is 9.59 Å². The van der Waals surface area contributed by atoms with E-state index in [2.05, 4.69) is 15.7 Å². The van der Waals surface area contributed by atoms with Crippen LogP contribution in [-0.4, -0.2) is 28.7 Å². The normalized spacial score (nSPS) is 10.5. The Hall–Kier alpha value is -3.61. The number of carbonyl (C=O) groups is 2. The molecule has 3 rings (SSSR count). The Morgan fingerprint density at radius 3 is 2.45 bits per heavy atom. The molecule has 0 radical (unpaired) electrons. The number of carbonyl (C=O) groups excluding carboxylic acids is 2. The molecule has 1 heterocycles. The molecule has 2 amide bonds. The van der Waals surface area contributed by atoms with E-state index in [0.29, 0.717) is 17.1 Å². The van der Waals surface area contributed by atoms with Gasteiger partial charge < -0.3 is 15.4 Å². The van der Waals surface area contributed by atoms with E-state index < -0.39 is 0 Å². The first-order valence-corrected chi connectivity index (χ1v) is 9.25. The van der Waals surface area contributed by atoms with Crippen molar-refractivity contribution in [3.8, 4) is 11.4 Å². The summed E-state index contributed by atoms with van der Waals surface area (Å²) in [6.07, 6.45) is 0.200. The Kier molecular flexibility index (Phi) is 5.97. The van der Waals surface area contributed by atoms with Crippen molar-refractivity contribution < 1.29 is 14.3 Å². The van der Waals surface area contributed by atoms with E-state index in [1.54, 1.807) is 18.2 Å². The zero-order valence-corrected chi connectivity index (χ0v) is 16.9. The van der Waals surface area contributed by atoms with Gasteiger partial charge in [0.2, 0.25) is 11.8 Å². The largest absolute Gasteiger partial charge is 0.495 e. The minimum Gasteiger partial charge on any atom is -0.495 e. The first-order valence-electron chi connectivity index (χ1n) is 9.25. The molecule has 0 atom stereocenters. The van der Waals surface area contributed by atoms with E-state index in [1.807, 2.05) is 48.9 Å². The average Bonchev–Trinajstić information content (AvgIpc) is 2.96. The highest BCUT2D eigenvalue weighted by molar-refractivity contribution is 5.95. The van der Waals surface area contributed by atoms with Gasteiger partial charge in [0.1, 0.15) is 5.75 Å². The van der Waals surface area contributed by atoms with Gasteiger partial charge in [-0.3, -0.25) is 9.59 Å². The molecular weight excluding hydrogens is 368 g/mol. The molecule has 2 N–H and O–H groups in total. The molecule has 0 saturated carbocycles. The highest BCUT2D eigenvalue weighted by Gasteiger charge is 2.16. The molecule has 7 heteroatoms. The van der Waals surface area contributed by atoms with Crippen LogP contribution in [0.25, 0.3) is 5.69 Å². The molecular formula is C22H24N4O3. The Bertz CT molecular complexity index is 1040. The van der Waals surface area contributed by atoms with E-state index in [0.717, 1.165) is 22.6 Å². The molecule has 0 saturated heterocycles. The number of ether oxygens (including phenoxy) is 1. The number of aromatic nitrogens is 2. The first-order chi connectivity index (χ1) is 13.9. The number of hydrogen-bond acceptors (Lipinski definition) is 4. The van der Waals surface area contributed by atoms with Crippen molar-refractivity contribution in [2.75, 3.05) is 17.7 Å². The van der Waals surface area contributed by atoms with Gasteiger partial charge in [-0.05, 0) is 44.2 Å². The van der Waals surface area contributed by atoms with Gasteiger partial charge in [0, 0.05) is 23.9 Å². The van der Waals surface area contributed by atoms with Crippen LogP contribution < -0.4 is 15.4 Å². The van der Waals surface area contributed by atoms with Crippen LogP contribution in [0, 0.1) is 13.8 Å². The number of rotatable bonds is 6. The SMILES string of the molecule is COc1ccc(NC(=O)Cc2c(C)nn(-c3ccccc3)c2C)cc1NC(C)=O. The second-order valence-corrected chi connectivity index (χ2v) is 6.72. The van der Waals surface area contributed by atoms with Crippen molar-refractivity contribution in [2.45, 2.75) is 27.2 Å². The zero-order valence-electron chi connectivity index (χ0n) is 16.9. The van der Waals surface area contributed by atoms with E-state index in [4.69, 9.17) is 4.74 Å². The summed E-state index contributed by atoms with van der Waals surface area (Å²) in [5, 5.41) is 10.2. The number of benzene rings is 2. The lowest BCUT2D eigenvalue weighted by molar-refractivity contribution is -0.116. The third-order valence-corrected chi connectivity index (χ3v) is 4.57. The lowest BCUT2D eigenvalue weighted by Crippen LogP contribution is -2.16. The smallest absolute Gasteiger partial charge is 0.228 e. The van der Waals surface area contributed by atoms with Crippen molar-refractivity contribution in [1.82, 2.24) is 9.78 Å². The fraction of sp³-hybridized carbons (Fsp3) is 0.227. The van der Waals surface area contributed by atoms with Crippen molar-refractivity contribution in [2.24, 2.45) is 0 Å². The van der Waals surface area contributed by atoms with Gasteiger partial charge in [-0.2, -0.15) is 5.10 Å². The summed E-state index contributed by atoms with van der Waals surface area (Å²) >= 11 is 0. The maximum Gasteiger partial charge on any atom is 0.228 e. The summed E-state index contributed by atoms with van der Waals surface area (Å²) in [6.45, 7) is 5.27. The van der Waals surface area contributed by atoms with E-state index >= 15 is 0 Å². The van der Waals surface area contributed by atoms with Crippen molar-refractivity contribution in [3.05, 3.63) is 65.5 Å². The molecule has 0 aliphatic heterocycles. The maximum absolute atomic E-state index is 12.7. The Labute approximate surface area is 169 Å². The minimum atomic E-state index is -0.216. The van der Waals surface area contributed by atoms with Crippen LogP contribution in [0.4, 0.5) is 11.4 Å². The number of nitrogens with one attached hydrogen (secondary N) is 2. The topological polar surface area (TPSA) is 85.2 Å². The standard InChI is InChI=1S/C22H24N4O3/c1-14-19(15(2)26(25-14)18-8-6-5-7-9-18)13-22(28)24-17-10-11-21(29-4)20(12-17)23-16(3)27/h5-12H,13H2,1-4H3,(H,23,27)(H,24,28). The molecule has 0 unspecified atom stereocenters. The van der Waals surface area contributed by atoms with Gasteiger partial charge in [-0.15, -0.1) is 0 Å². The molecule has 0 fully saturated rings. The predicted octanol–water partition coefficient (Wildman–Crippen LogP) is 3.64. The zero-order chi connectivity index (χ0) is 21.0. The van der Waals surface area contributed by atoms with Crippen LogP contribution in [0.3, 0.4) is 0 Å². The van der Waals surface area contributed by atoms with Gasteiger partial charge in [-0.25, -0.2) is 4.68 Å². The third kappa shape index (κ3) is 4.63. The number of anilines is 2. The summed E-state index contributed by atoms with van der Waals surface area (Å²) in [7, 11) is 1.52. The number of para-hydroxylation sites is 1. The quantitative estimate of drug-likeness (QED) is 0.671. The Morgan fingerprint density at radius 1 is 1.07 bits per heavy atom. The Morgan fingerprint density at radius 2 is 1.79 bits per heavy atom. The fourth-order valence-corrected chi connectivity index (χ4v) is 3.19. The summed E-state index contributed by atoms with van der Waals surface area (Å²) in [5.74, 6) is 0.142. The van der Waals surface area contributed by atoms with Crippen LogP contribution in [0.2, 0.25) is 0 Å².